The summed E-state index contributed by atoms with van der Waals surface area (Å²) in [4.78, 5) is 27.4. The van der Waals surface area contributed by atoms with Crippen molar-refractivity contribution in [2.75, 3.05) is 32.1 Å². The average molecular weight is 250 g/mol. The highest BCUT2D eigenvalue weighted by molar-refractivity contribution is 5.78. The van der Waals surface area contributed by atoms with Crippen LogP contribution in [-0.2, 0) is 9.63 Å². The Bertz CT molecular complexity index is 398. The van der Waals surface area contributed by atoms with E-state index in [1.807, 2.05) is 0 Å². The zero-order valence-electron chi connectivity index (χ0n) is 10.7. The molecule has 2 heterocycles. The zero-order valence-corrected chi connectivity index (χ0v) is 10.7. The predicted octanol–water partition coefficient (Wildman–Crippen LogP) is 0.713. The minimum atomic E-state index is -0.0364. The maximum Gasteiger partial charge on any atom is 0.250 e. The van der Waals surface area contributed by atoms with Gasteiger partial charge in [0, 0.05) is 32.5 Å². The highest BCUT2D eigenvalue weighted by atomic mass is 16.7. The van der Waals surface area contributed by atoms with Crippen LogP contribution in [0.5, 0.6) is 0 Å². The molecule has 1 aromatic heterocycles. The minimum Gasteiger partial charge on any atom is -0.355 e. The van der Waals surface area contributed by atoms with E-state index >= 15 is 0 Å². The van der Waals surface area contributed by atoms with Gasteiger partial charge < -0.3 is 4.90 Å². The summed E-state index contributed by atoms with van der Waals surface area (Å²) >= 11 is 0. The van der Waals surface area contributed by atoms with Crippen LogP contribution in [-0.4, -0.2) is 48.2 Å². The molecular formula is C12H18N4O2. The molecule has 0 bridgehead atoms. The van der Waals surface area contributed by atoms with Gasteiger partial charge in [0.25, 0.3) is 5.91 Å². The first-order valence-corrected chi connectivity index (χ1v) is 6.05. The Kier molecular flexibility index (Phi) is 4.09. The van der Waals surface area contributed by atoms with Crippen LogP contribution >= 0.6 is 0 Å². The third kappa shape index (κ3) is 2.76. The Balaban J connectivity index is 2.03. The molecule has 0 aromatic carbocycles. The second kappa shape index (κ2) is 5.77. The maximum absolute atomic E-state index is 12.0. The molecule has 0 unspecified atom stereocenters. The lowest BCUT2D eigenvalue weighted by atomic mass is 9.97. The molecular weight excluding hydrogens is 232 g/mol. The molecule has 1 fully saturated rings. The standard InChI is InChI=1S/C12H18N4O2/c1-15(18-2)12(17)10-4-3-7-16(9-10)11-8-13-5-6-14-11/h5-6,8,10H,3-4,7,9H2,1-2H3/t10-/m1/s1. The molecule has 1 aliphatic rings. The number of aromatic nitrogens is 2. The van der Waals surface area contributed by atoms with Crippen LogP contribution in [0.4, 0.5) is 5.82 Å². The monoisotopic (exact) mass is 250 g/mol. The van der Waals surface area contributed by atoms with Gasteiger partial charge in [-0.3, -0.25) is 14.6 Å². The molecule has 1 saturated heterocycles. The summed E-state index contributed by atoms with van der Waals surface area (Å²) in [6.45, 7) is 1.59. The van der Waals surface area contributed by atoms with E-state index in [4.69, 9.17) is 4.84 Å². The van der Waals surface area contributed by atoms with E-state index in [9.17, 15) is 4.79 Å². The smallest absolute Gasteiger partial charge is 0.250 e. The van der Waals surface area contributed by atoms with Gasteiger partial charge in [-0.15, -0.1) is 0 Å². The molecule has 6 heteroatoms. The van der Waals surface area contributed by atoms with Crippen LogP contribution in [0, 0.1) is 5.92 Å². The van der Waals surface area contributed by atoms with E-state index in [2.05, 4.69) is 14.9 Å². The fourth-order valence-corrected chi connectivity index (χ4v) is 2.19. The first-order chi connectivity index (χ1) is 8.72. The Labute approximate surface area is 107 Å². The molecule has 0 saturated carbocycles. The van der Waals surface area contributed by atoms with Crippen molar-refractivity contribution in [1.82, 2.24) is 15.0 Å². The van der Waals surface area contributed by atoms with Crippen LogP contribution in [0.15, 0.2) is 18.6 Å². The maximum atomic E-state index is 12.0. The lowest BCUT2D eigenvalue weighted by Gasteiger charge is -2.33. The van der Waals surface area contributed by atoms with Crippen molar-refractivity contribution in [2.45, 2.75) is 12.8 Å². The van der Waals surface area contributed by atoms with Crippen LogP contribution in [0.2, 0.25) is 0 Å². The molecule has 0 spiro atoms. The summed E-state index contributed by atoms with van der Waals surface area (Å²) < 4.78 is 0. The topological polar surface area (TPSA) is 58.6 Å². The number of anilines is 1. The lowest BCUT2D eigenvalue weighted by Crippen LogP contribution is -2.43. The van der Waals surface area contributed by atoms with Gasteiger partial charge in [0.05, 0.1) is 19.2 Å². The number of rotatable bonds is 3. The van der Waals surface area contributed by atoms with Crippen molar-refractivity contribution in [3.05, 3.63) is 18.6 Å². The minimum absolute atomic E-state index is 0.0195. The van der Waals surface area contributed by atoms with Gasteiger partial charge in [-0.2, -0.15) is 0 Å². The normalized spacial score (nSPS) is 19.7. The molecule has 1 aromatic rings. The lowest BCUT2D eigenvalue weighted by molar-refractivity contribution is -0.173. The zero-order chi connectivity index (χ0) is 13.0. The Hall–Kier alpha value is -1.69. The summed E-state index contributed by atoms with van der Waals surface area (Å²) in [7, 11) is 3.14. The summed E-state index contributed by atoms with van der Waals surface area (Å²) in [5.41, 5.74) is 0. The fraction of sp³-hybridized carbons (Fsp3) is 0.583. The average Bonchev–Trinajstić information content (AvgIpc) is 2.46. The van der Waals surface area contributed by atoms with E-state index < -0.39 is 0 Å². The number of carbonyl (C=O) groups excluding carboxylic acids is 1. The molecule has 1 atom stereocenters. The van der Waals surface area contributed by atoms with Gasteiger partial charge in [-0.25, -0.2) is 10.0 Å². The Morgan fingerprint density at radius 3 is 3.06 bits per heavy atom. The second-order valence-electron chi connectivity index (χ2n) is 4.37. The van der Waals surface area contributed by atoms with Crippen molar-refractivity contribution < 1.29 is 9.63 Å². The van der Waals surface area contributed by atoms with Gasteiger partial charge in [0.1, 0.15) is 5.82 Å². The van der Waals surface area contributed by atoms with E-state index in [0.717, 1.165) is 25.2 Å². The van der Waals surface area contributed by atoms with E-state index in [1.165, 1.54) is 12.2 Å². The molecule has 6 nitrogen and oxygen atoms in total. The SMILES string of the molecule is CON(C)C(=O)[C@@H]1CCCN(c2cnccn2)C1. The largest absolute Gasteiger partial charge is 0.355 e. The molecule has 1 amide bonds. The highest BCUT2D eigenvalue weighted by Crippen LogP contribution is 2.22. The molecule has 1 aliphatic heterocycles. The quantitative estimate of drug-likeness (QED) is 0.740. The predicted molar refractivity (Wildman–Crippen MR) is 66.7 cm³/mol. The summed E-state index contributed by atoms with van der Waals surface area (Å²) in [5.74, 6) is 0.812. The third-order valence-electron chi connectivity index (χ3n) is 3.23. The number of piperidine rings is 1. The second-order valence-corrected chi connectivity index (χ2v) is 4.37. The van der Waals surface area contributed by atoms with Gasteiger partial charge >= 0.3 is 0 Å². The third-order valence-corrected chi connectivity index (χ3v) is 3.23. The Morgan fingerprint density at radius 1 is 1.56 bits per heavy atom. The molecule has 2 rings (SSSR count). The van der Waals surface area contributed by atoms with Gasteiger partial charge in [0.15, 0.2) is 0 Å². The number of hydrogen-bond donors (Lipinski definition) is 0. The van der Waals surface area contributed by atoms with Gasteiger partial charge in [-0.05, 0) is 12.8 Å². The van der Waals surface area contributed by atoms with Crippen molar-refractivity contribution in [3.8, 4) is 0 Å². The molecule has 0 radical (unpaired) electrons. The van der Waals surface area contributed by atoms with Crippen molar-refractivity contribution in [2.24, 2.45) is 5.92 Å². The fourth-order valence-electron chi connectivity index (χ4n) is 2.19. The number of nitrogens with zero attached hydrogens (tertiary/aromatic N) is 4. The first kappa shape index (κ1) is 12.8. The van der Waals surface area contributed by atoms with Crippen LogP contribution in [0.3, 0.4) is 0 Å². The Morgan fingerprint density at radius 2 is 2.39 bits per heavy atom. The molecule has 18 heavy (non-hydrogen) atoms. The van der Waals surface area contributed by atoms with Gasteiger partial charge in [-0.1, -0.05) is 0 Å². The van der Waals surface area contributed by atoms with Crippen LogP contribution < -0.4 is 4.90 Å². The highest BCUT2D eigenvalue weighted by Gasteiger charge is 2.28. The van der Waals surface area contributed by atoms with E-state index in [0.29, 0.717) is 6.54 Å². The van der Waals surface area contributed by atoms with Crippen molar-refractivity contribution >= 4 is 11.7 Å². The number of carbonyl (C=O) groups is 1. The summed E-state index contributed by atoms with van der Waals surface area (Å²) in [5, 5.41) is 1.30. The number of amides is 1. The molecule has 0 aliphatic carbocycles. The van der Waals surface area contributed by atoms with E-state index in [1.54, 1.807) is 25.6 Å². The summed E-state index contributed by atoms with van der Waals surface area (Å²) in [6.07, 6.45) is 6.91. The van der Waals surface area contributed by atoms with Crippen LogP contribution in [0.25, 0.3) is 0 Å². The molecule has 0 N–H and O–H groups in total. The van der Waals surface area contributed by atoms with Crippen molar-refractivity contribution in [1.29, 1.82) is 0 Å². The van der Waals surface area contributed by atoms with Crippen molar-refractivity contribution in [3.63, 3.8) is 0 Å². The van der Waals surface area contributed by atoms with E-state index in [-0.39, 0.29) is 11.8 Å². The number of hydroxylamine groups is 2. The number of hydrogen-bond acceptors (Lipinski definition) is 5. The molecule has 98 valence electrons. The van der Waals surface area contributed by atoms with Gasteiger partial charge in [0.2, 0.25) is 0 Å². The first-order valence-electron chi connectivity index (χ1n) is 6.05. The van der Waals surface area contributed by atoms with Crippen LogP contribution in [0.1, 0.15) is 12.8 Å². The summed E-state index contributed by atoms with van der Waals surface area (Å²) in [6, 6.07) is 0.